The standard InChI is InChI=1S/C9H17.CH3.Y/c1-4-8-5-6-9(2,3)7-8;;/h5,8H,4,6-7H2,1-3H3;1H3;/q2*-1;. The molecular formula is C10H20Y-2. The van der Waals surface area contributed by atoms with Gasteiger partial charge in [-0.3, -0.25) is 0 Å². The first-order valence-corrected chi connectivity index (χ1v) is 3.97. The van der Waals surface area contributed by atoms with Gasteiger partial charge < -0.3 is 13.8 Å². The minimum absolute atomic E-state index is 0. The molecule has 1 atom stereocenters. The molecule has 0 heterocycles. The molecule has 1 aliphatic carbocycles. The van der Waals surface area contributed by atoms with Gasteiger partial charge in [-0.25, -0.2) is 0 Å². The Bertz CT molecular complexity index is 97.0. The molecule has 0 aromatic rings. The van der Waals surface area contributed by atoms with E-state index in [1.165, 1.54) is 19.3 Å². The zero-order chi connectivity index (χ0) is 6.91. The SMILES string of the molecule is CCC1[CH-]CC(C)(C)C1.[CH3-].[Y]. The molecule has 1 heteroatoms. The Morgan fingerprint density at radius 2 is 2.00 bits per heavy atom. The molecule has 1 fully saturated rings. The van der Waals surface area contributed by atoms with Crippen molar-refractivity contribution < 1.29 is 32.7 Å². The second-order valence-corrected chi connectivity index (χ2v) is 3.98. The van der Waals surface area contributed by atoms with Gasteiger partial charge in [0.25, 0.3) is 0 Å². The summed E-state index contributed by atoms with van der Waals surface area (Å²) in [6.07, 6.45) is 6.55. The third kappa shape index (κ3) is 4.63. The normalized spacial score (nSPS) is 27.0. The fourth-order valence-electron chi connectivity index (χ4n) is 1.67. The topological polar surface area (TPSA) is 0 Å². The molecule has 0 amide bonds. The van der Waals surface area contributed by atoms with Crippen LogP contribution >= 0.6 is 0 Å². The average Bonchev–Trinajstić information content (AvgIpc) is 2.10. The molecule has 1 saturated carbocycles. The second kappa shape index (κ2) is 5.70. The van der Waals surface area contributed by atoms with E-state index in [1.807, 2.05) is 0 Å². The zero-order valence-electron chi connectivity index (χ0n) is 8.35. The van der Waals surface area contributed by atoms with E-state index in [1.54, 1.807) is 0 Å². The van der Waals surface area contributed by atoms with E-state index in [2.05, 4.69) is 27.2 Å². The molecule has 1 rings (SSSR count). The van der Waals surface area contributed by atoms with Crippen molar-refractivity contribution >= 4 is 0 Å². The molecule has 0 spiro atoms. The maximum Gasteiger partial charge on any atom is 0 e. The predicted octanol–water partition coefficient (Wildman–Crippen LogP) is 3.48. The minimum atomic E-state index is 0. The van der Waals surface area contributed by atoms with E-state index in [-0.39, 0.29) is 40.1 Å². The summed E-state index contributed by atoms with van der Waals surface area (Å²) < 4.78 is 0. The molecule has 1 aliphatic rings. The Hall–Kier alpha value is 1.10. The van der Waals surface area contributed by atoms with Gasteiger partial charge >= 0.3 is 0 Å². The van der Waals surface area contributed by atoms with Crippen LogP contribution < -0.4 is 0 Å². The van der Waals surface area contributed by atoms with Gasteiger partial charge in [-0.05, 0) is 0 Å². The molecule has 1 unspecified atom stereocenters. The third-order valence-corrected chi connectivity index (χ3v) is 2.34. The zero-order valence-corrected chi connectivity index (χ0v) is 11.2. The second-order valence-electron chi connectivity index (χ2n) is 3.98. The van der Waals surface area contributed by atoms with Gasteiger partial charge in [-0.15, -0.1) is 0 Å². The summed E-state index contributed by atoms with van der Waals surface area (Å²) in [7, 11) is 0. The van der Waals surface area contributed by atoms with Gasteiger partial charge in [0.05, 0.1) is 0 Å². The molecule has 11 heavy (non-hydrogen) atoms. The van der Waals surface area contributed by atoms with Crippen LogP contribution in [0.2, 0.25) is 0 Å². The Labute approximate surface area is 97.4 Å². The number of hydrogen-bond acceptors (Lipinski definition) is 0. The molecule has 0 aromatic heterocycles. The quantitative estimate of drug-likeness (QED) is 0.604. The Balaban J connectivity index is 0. The van der Waals surface area contributed by atoms with Crippen molar-refractivity contribution in [3.05, 3.63) is 13.8 Å². The van der Waals surface area contributed by atoms with E-state index < -0.39 is 0 Å². The maximum atomic E-state index is 2.49. The Morgan fingerprint density at radius 1 is 1.45 bits per heavy atom. The van der Waals surface area contributed by atoms with Crippen LogP contribution in [0.4, 0.5) is 0 Å². The van der Waals surface area contributed by atoms with Crippen molar-refractivity contribution in [2.45, 2.75) is 40.0 Å². The monoisotopic (exact) mass is 229 g/mol. The van der Waals surface area contributed by atoms with Crippen LogP contribution in [0.25, 0.3) is 0 Å². The molecule has 65 valence electrons. The summed E-state index contributed by atoms with van der Waals surface area (Å²) in [5.74, 6) is 0.917. The Kier molecular flexibility index (Phi) is 7.57. The number of rotatable bonds is 1. The number of hydrogen-bond donors (Lipinski definition) is 0. The van der Waals surface area contributed by atoms with Crippen molar-refractivity contribution in [1.82, 2.24) is 0 Å². The van der Waals surface area contributed by atoms with Crippen LogP contribution in [0.5, 0.6) is 0 Å². The van der Waals surface area contributed by atoms with Crippen molar-refractivity contribution in [2.24, 2.45) is 11.3 Å². The van der Waals surface area contributed by atoms with Gasteiger partial charge in [0.1, 0.15) is 0 Å². The first-order valence-electron chi connectivity index (χ1n) is 3.97. The van der Waals surface area contributed by atoms with Crippen molar-refractivity contribution in [1.29, 1.82) is 0 Å². The summed E-state index contributed by atoms with van der Waals surface area (Å²) in [5.41, 5.74) is 0.612. The van der Waals surface area contributed by atoms with Crippen LogP contribution in [-0.2, 0) is 32.7 Å². The fraction of sp³-hybridized carbons (Fsp3) is 0.800. The summed E-state index contributed by atoms with van der Waals surface area (Å²) in [5, 5.41) is 0. The van der Waals surface area contributed by atoms with Crippen LogP contribution in [-0.4, -0.2) is 0 Å². The molecule has 0 bridgehead atoms. The predicted molar refractivity (Wildman–Crippen MR) is 47.5 cm³/mol. The molecule has 0 aromatic carbocycles. The molecule has 0 nitrogen and oxygen atoms in total. The smallest absolute Gasteiger partial charge is 0 e. The van der Waals surface area contributed by atoms with E-state index in [0.29, 0.717) is 5.41 Å². The van der Waals surface area contributed by atoms with Crippen LogP contribution in [0, 0.1) is 25.2 Å². The average molecular weight is 229 g/mol. The first-order chi connectivity index (χ1) is 4.14. The van der Waals surface area contributed by atoms with Crippen LogP contribution in [0.1, 0.15) is 40.0 Å². The maximum absolute atomic E-state index is 2.49. The van der Waals surface area contributed by atoms with Crippen molar-refractivity contribution in [3.63, 3.8) is 0 Å². The van der Waals surface area contributed by atoms with Gasteiger partial charge in [0, 0.05) is 32.7 Å². The van der Waals surface area contributed by atoms with Gasteiger partial charge in [0.15, 0.2) is 0 Å². The van der Waals surface area contributed by atoms with Crippen molar-refractivity contribution in [2.75, 3.05) is 0 Å². The summed E-state index contributed by atoms with van der Waals surface area (Å²) in [6, 6.07) is 0. The fourth-order valence-corrected chi connectivity index (χ4v) is 1.67. The summed E-state index contributed by atoms with van der Waals surface area (Å²) in [6.45, 7) is 7.00. The van der Waals surface area contributed by atoms with Gasteiger partial charge in [-0.1, -0.05) is 39.0 Å². The van der Waals surface area contributed by atoms with E-state index in [0.717, 1.165) is 5.92 Å². The molecule has 1 radical (unpaired) electrons. The molecule has 0 saturated heterocycles. The van der Waals surface area contributed by atoms with Gasteiger partial charge in [-0.2, -0.15) is 12.3 Å². The molecular weight excluding hydrogens is 209 g/mol. The Morgan fingerprint density at radius 3 is 2.18 bits per heavy atom. The van der Waals surface area contributed by atoms with Crippen LogP contribution in [0.15, 0.2) is 0 Å². The largest absolute Gasteiger partial charge is 0.358 e. The van der Waals surface area contributed by atoms with E-state index in [9.17, 15) is 0 Å². The van der Waals surface area contributed by atoms with Gasteiger partial charge in [0.2, 0.25) is 0 Å². The van der Waals surface area contributed by atoms with Crippen LogP contribution in [0.3, 0.4) is 0 Å². The van der Waals surface area contributed by atoms with E-state index >= 15 is 0 Å². The first kappa shape index (κ1) is 14.6. The summed E-state index contributed by atoms with van der Waals surface area (Å²) >= 11 is 0. The van der Waals surface area contributed by atoms with E-state index in [4.69, 9.17) is 0 Å². The summed E-state index contributed by atoms with van der Waals surface area (Å²) in [4.78, 5) is 0. The third-order valence-electron chi connectivity index (χ3n) is 2.34. The minimum Gasteiger partial charge on any atom is -0.358 e. The molecule has 0 N–H and O–H groups in total. The van der Waals surface area contributed by atoms with Crippen molar-refractivity contribution in [3.8, 4) is 0 Å². The molecule has 0 aliphatic heterocycles.